The van der Waals surface area contributed by atoms with Crippen LogP contribution in [0.25, 0.3) is 0 Å². The second-order valence-corrected chi connectivity index (χ2v) is 7.75. The molecule has 1 N–H and O–H groups in total. The molecule has 0 bridgehead atoms. The third-order valence-corrected chi connectivity index (χ3v) is 4.98. The van der Waals surface area contributed by atoms with Gasteiger partial charge in [-0.25, -0.2) is 4.98 Å². The quantitative estimate of drug-likeness (QED) is 0.434. The fourth-order valence-electron chi connectivity index (χ4n) is 3.40. The summed E-state index contributed by atoms with van der Waals surface area (Å²) in [4.78, 5) is 17.3. The van der Waals surface area contributed by atoms with Crippen molar-refractivity contribution in [2.45, 2.75) is 39.3 Å². The fraction of sp³-hybridized carbons (Fsp3) is 0.250. The molecular formula is C24H24N4O4. The Labute approximate surface area is 185 Å². The van der Waals surface area contributed by atoms with Gasteiger partial charge in [-0.1, -0.05) is 54.0 Å². The van der Waals surface area contributed by atoms with E-state index in [1.807, 2.05) is 45.0 Å². The highest BCUT2D eigenvalue weighted by Gasteiger charge is 2.23. The van der Waals surface area contributed by atoms with Crippen LogP contribution < -0.4 is 10.1 Å². The summed E-state index contributed by atoms with van der Waals surface area (Å²) in [5, 5.41) is 11.0. The Kier molecular flexibility index (Phi) is 6.30. The molecule has 0 saturated carbocycles. The molecule has 0 saturated heterocycles. The lowest BCUT2D eigenvalue weighted by molar-refractivity contribution is 0.0943. The molecule has 3 heterocycles. The van der Waals surface area contributed by atoms with Crippen molar-refractivity contribution in [1.82, 2.24) is 20.6 Å². The van der Waals surface area contributed by atoms with Crippen molar-refractivity contribution < 1.29 is 18.6 Å². The summed E-state index contributed by atoms with van der Waals surface area (Å²) in [6.45, 7) is 6.32. The molecule has 8 heteroatoms. The second kappa shape index (κ2) is 9.47. The number of carbonyl (C=O) groups excluding carboxylic acids is 1. The van der Waals surface area contributed by atoms with Crippen molar-refractivity contribution in [2.75, 3.05) is 0 Å². The number of ether oxygens (including phenoxy) is 1. The summed E-state index contributed by atoms with van der Waals surface area (Å²) in [5.74, 6) is 0.0801. The maximum absolute atomic E-state index is 13.0. The van der Waals surface area contributed by atoms with Gasteiger partial charge in [0.15, 0.2) is 6.10 Å². The van der Waals surface area contributed by atoms with Crippen LogP contribution in [0.5, 0.6) is 5.88 Å². The molecule has 0 aliphatic rings. The number of amides is 1. The Balaban J connectivity index is 1.58. The summed E-state index contributed by atoms with van der Waals surface area (Å²) >= 11 is 0. The first kappa shape index (κ1) is 21.3. The van der Waals surface area contributed by atoms with Crippen molar-refractivity contribution in [3.05, 3.63) is 94.8 Å². The van der Waals surface area contributed by atoms with Gasteiger partial charge in [0.25, 0.3) is 5.91 Å². The van der Waals surface area contributed by atoms with Gasteiger partial charge < -0.3 is 19.1 Å². The first-order valence-corrected chi connectivity index (χ1v) is 10.3. The summed E-state index contributed by atoms with van der Waals surface area (Å²) in [7, 11) is 0. The molecule has 0 fully saturated rings. The molecule has 0 spiro atoms. The van der Waals surface area contributed by atoms with Crippen LogP contribution >= 0.6 is 0 Å². The van der Waals surface area contributed by atoms with Crippen molar-refractivity contribution in [2.24, 2.45) is 0 Å². The molecule has 0 radical (unpaired) electrons. The lowest BCUT2D eigenvalue weighted by atomic mass is 10.0. The number of rotatable bonds is 8. The number of hydrogen-bond acceptors (Lipinski definition) is 7. The van der Waals surface area contributed by atoms with Crippen LogP contribution in [0.3, 0.4) is 0 Å². The predicted octanol–water partition coefficient (Wildman–Crippen LogP) is 4.59. The molecule has 4 aromatic rings. The van der Waals surface area contributed by atoms with Gasteiger partial charge in [0.2, 0.25) is 5.88 Å². The molecule has 32 heavy (non-hydrogen) atoms. The number of nitrogens with one attached hydrogen (secondary N) is 1. The molecule has 0 aliphatic carbocycles. The van der Waals surface area contributed by atoms with E-state index in [9.17, 15) is 4.79 Å². The van der Waals surface area contributed by atoms with Crippen LogP contribution in [0.2, 0.25) is 0 Å². The monoisotopic (exact) mass is 432 g/mol. The van der Waals surface area contributed by atoms with Crippen molar-refractivity contribution in [3.8, 4) is 5.88 Å². The molecule has 1 aromatic carbocycles. The minimum Gasteiger partial charge on any atom is -0.462 e. The van der Waals surface area contributed by atoms with Crippen LogP contribution in [-0.4, -0.2) is 21.2 Å². The number of nitrogens with zero attached hydrogens (tertiary/aromatic N) is 3. The van der Waals surface area contributed by atoms with Crippen molar-refractivity contribution in [1.29, 1.82) is 0 Å². The zero-order valence-electron chi connectivity index (χ0n) is 18.1. The highest BCUT2D eigenvalue weighted by molar-refractivity contribution is 5.96. The van der Waals surface area contributed by atoms with E-state index in [1.54, 1.807) is 30.7 Å². The van der Waals surface area contributed by atoms with Gasteiger partial charge in [-0.05, 0) is 30.5 Å². The minimum absolute atomic E-state index is 0.190. The number of pyridine rings is 1. The Morgan fingerprint density at radius 1 is 1.12 bits per heavy atom. The van der Waals surface area contributed by atoms with E-state index in [1.165, 1.54) is 6.26 Å². The van der Waals surface area contributed by atoms with E-state index >= 15 is 0 Å². The van der Waals surface area contributed by atoms with Gasteiger partial charge in [0.1, 0.15) is 23.8 Å². The number of hydrogen-bond donors (Lipinski definition) is 1. The molecule has 8 nitrogen and oxygen atoms in total. The summed E-state index contributed by atoms with van der Waals surface area (Å²) in [6.07, 6.45) is 4.03. The van der Waals surface area contributed by atoms with Crippen molar-refractivity contribution >= 4 is 5.91 Å². The lowest BCUT2D eigenvalue weighted by Crippen LogP contribution is -2.24. The fourth-order valence-corrected chi connectivity index (χ4v) is 3.40. The topological polar surface area (TPSA) is 103 Å². The highest BCUT2D eigenvalue weighted by Crippen LogP contribution is 2.29. The number of aromatic nitrogens is 3. The van der Waals surface area contributed by atoms with E-state index in [0.29, 0.717) is 11.3 Å². The van der Waals surface area contributed by atoms with E-state index in [2.05, 4.69) is 20.6 Å². The third-order valence-electron chi connectivity index (χ3n) is 4.98. The van der Waals surface area contributed by atoms with Gasteiger partial charge in [0.05, 0.1) is 5.69 Å². The third kappa shape index (κ3) is 4.69. The van der Waals surface area contributed by atoms with E-state index < -0.39 is 6.10 Å². The Morgan fingerprint density at radius 2 is 2.00 bits per heavy atom. The lowest BCUT2D eigenvalue weighted by Gasteiger charge is -2.19. The van der Waals surface area contributed by atoms with Crippen LogP contribution in [0.4, 0.5) is 0 Å². The highest BCUT2D eigenvalue weighted by atomic mass is 16.5. The molecule has 3 aromatic heterocycles. The largest absolute Gasteiger partial charge is 0.462 e. The van der Waals surface area contributed by atoms with Crippen LogP contribution in [0, 0.1) is 6.92 Å². The minimum atomic E-state index is -0.583. The molecule has 1 unspecified atom stereocenters. The number of benzene rings is 1. The number of carbonyl (C=O) groups is 1. The summed E-state index contributed by atoms with van der Waals surface area (Å²) < 4.78 is 16.3. The van der Waals surface area contributed by atoms with Crippen LogP contribution in [0.15, 0.2) is 70.2 Å². The summed E-state index contributed by atoms with van der Waals surface area (Å²) in [6, 6.07) is 13.0. The van der Waals surface area contributed by atoms with Gasteiger partial charge in [0, 0.05) is 24.4 Å². The van der Waals surface area contributed by atoms with E-state index in [4.69, 9.17) is 13.8 Å². The van der Waals surface area contributed by atoms with Crippen LogP contribution in [-0.2, 0) is 6.54 Å². The van der Waals surface area contributed by atoms with Gasteiger partial charge >= 0.3 is 0 Å². The second-order valence-electron chi connectivity index (χ2n) is 7.75. The maximum atomic E-state index is 13.0. The average Bonchev–Trinajstić information content (AvgIpc) is 3.48. The first-order valence-electron chi connectivity index (χ1n) is 10.3. The van der Waals surface area contributed by atoms with Crippen LogP contribution in [0.1, 0.15) is 64.3 Å². The normalized spacial score (nSPS) is 12.0. The van der Waals surface area contributed by atoms with Gasteiger partial charge in [-0.15, -0.1) is 0 Å². The van der Waals surface area contributed by atoms with E-state index in [0.717, 1.165) is 22.4 Å². The van der Waals surface area contributed by atoms with Gasteiger partial charge in [-0.3, -0.25) is 4.79 Å². The van der Waals surface area contributed by atoms with Gasteiger partial charge in [-0.2, -0.15) is 0 Å². The first-order chi connectivity index (χ1) is 15.5. The predicted molar refractivity (Wildman–Crippen MR) is 116 cm³/mol. The molecule has 4 rings (SSSR count). The summed E-state index contributed by atoms with van der Waals surface area (Å²) in [5.41, 5.74) is 4.50. The SMILES string of the molecule is Cc1cccc(C(Oc2ncccc2C(=O)NCc2conc2C(C)C)c2ccon2)c1. The zero-order chi connectivity index (χ0) is 22.5. The Hall–Kier alpha value is -3.94. The molecule has 0 aliphatic heterocycles. The Morgan fingerprint density at radius 3 is 2.75 bits per heavy atom. The molecule has 1 atom stereocenters. The smallest absolute Gasteiger partial charge is 0.257 e. The standard InChI is InChI=1S/C24H24N4O4/c1-15(2)21-18(14-31-28-21)13-26-23(29)19-8-5-10-25-24(19)32-22(20-9-11-30-27-20)17-7-4-6-16(3)12-17/h4-12,14-15,22H,13H2,1-3H3,(H,26,29). The maximum Gasteiger partial charge on any atom is 0.257 e. The average molecular weight is 432 g/mol. The Bertz CT molecular complexity index is 1180. The van der Waals surface area contributed by atoms with Crippen molar-refractivity contribution in [3.63, 3.8) is 0 Å². The molecule has 1 amide bonds. The molecule has 164 valence electrons. The number of aryl methyl sites for hydroxylation is 1. The zero-order valence-corrected chi connectivity index (χ0v) is 18.1. The molecular weight excluding hydrogens is 408 g/mol. The van der Waals surface area contributed by atoms with E-state index in [-0.39, 0.29) is 24.2 Å².